The van der Waals surface area contributed by atoms with Gasteiger partial charge in [0, 0.05) is 30.1 Å². The van der Waals surface area contributed by atoms with Gasteiger partial charge in [-0.15, -0.1) is 0 Å². The van der Waals surface area contributed by atoms with Crippen LogP contribution in [0.5, 0.6) is 0 Å². The first-order valence-electron chi connectivity index (χ1n) is 11.5. The van der Waals surface area contributed by atoms with Crippen molar-refractivity contribution in [3.05, 3.63) is 64.6 Å². The molecule has 9 nitrogen and oxygen atoms in total. The molecule has 2 amide bonds. The van der Waals surface area contributed by atoms with E-state index in [0.717, 1.165) is 27.7 Å². The van der Waals surface area contributed by atoms with Gasteiger partial charge in [0.05, 0.1) is 28.0 Å². The molecular formula is C24H20ClF5N3O6P. The van der Waals surface area contributed by atoms with Crippen molar-refractivity contribution in [3.8, 4) is 0 Å². The lowest BCUT2D eigenvalue weighted by atomic mass is 10.1. The van der Waals surface area contributed by atoms with Crippen molar-refractivity contribution in [1.82, 2.24) is 14.8 Å². The van der Waals surface area contributed by atoms with Crippen LogP contribution in [0.15, 0.2) is 42.6 Å². The lowest BCUT2D eigenvalue weighted by Gasteiger charge is -2.24. The minimum absolute atomic E-state index is 0.0371. The molecule has 2 unspecified atom stereocenters. The molecule has 214 valence electrons. The van der Waals surface area contributed by atoms with Gasteiger partial charge in [-0.3, -0.25) is 18.9 Å². The Balaban J connectivity index is 1.61. The molecule has 3 N–H and O–H groups in total. The molecule has 0 spiro atoms. The quantitative estimate of drug-likeness (QED) is 0.215. The summed E-state index contributed by atoms with van der Waals surface area (Å²) in [5, 5.41) is 1.32. The van der Waals surface area contributed by atoms with Crippen molar-refractivity contribution in [2.45, 2.75) is 37.9 Å². The summed E-state index contributed by atoms with van der Waals surface area (Å²) in [6.07, 6.45) is -6.59. The van der Waals surface area contributed by atoms with E-state index in [0.29, 0.717) is 6.20 Å². The van der Waals surface area contributed by atoms with Gasteiger partial charge in [0.15, 0.2) is 0 Å². The normalized spacial score (nSPS) is 17.9. The zero-order chi connectivity index (χ0) is 29.6. The summed E-state index contributed by atoms with van der Waals surface area (Å²) in [5.74, 6) is -4.76. The molecule has 0 bridgehead atoms. The number of ketones is 1. The Labute approximate surface area is 227 Å². The second-order valence-corrected chi connectivity index (χ2v) is 11.1. The van der Waals surface area contributed by atoms with E-state index in [2.05, 4.69) is 5.32 Å². The first kappa shape index (κ1) is 29.7. The van der Waals surface area contributed by atoms with E-state index < -0.39 is 79.8 Å². The molecule has 1 fully saturated rings. The fourth-order valence-electron chi connectivity index (χ4n) is 4.46. The second kappa shape index (κ2) is 10.9. The number of carbonyl (C=O) groups excluding carboxylic acids is 3. The predicted octanol–water partition coefficient (Wildman–Crippen LogP) is 3.24. The van der Waals surface area contributed by atoms with E-state index in [1.165, 1.54) is 18.2 Å². The summed E-state index contributed by atoms with van der Waals surface area (Å²) in [4.78, 5) is 57.8. The molecule has 1 aliphatic heterocycles. The fourth-order valence-corrected chi connectivity index (χ4v) is 5.21. The number of carbonyl (C=O) groups is 3. The van der Waals surface area contributed by atoms with Crippen LogP contribution in [0.4, 0.5) is 22.0 Å². The maximum absolute atomic E-state index is 14.3. The fraction of sp³-hybridized carbons (Fsp3) is 0.292. The molecule has 0 aliphatic carbocycles. The average Bonchev–Trinajstić information content (AvgIpc) is 3.43. The second-order valence-electron chi connectivity index (χ2n) is 9.07. The Hall–Kier alpha value is -3.32. The van der Waals surface area contributed by atoms with Crippen LogP contribution in [0.2, 0.25) is 5.02 Å². The molecule has 0 saturated carbocycles. The van der Waals surface area contributed by atoms with Crippen molar-refractivity contribution in [2.24, 2.45) is 0 Å². The van der Waals surface area contributed by atoms with E-state index in [9.17, 15) is 50.7 Å². The number of benzene rings is 2. The molecule has 0 radical (unpaired) electrons. The van der Waals surface area contributed by atoms with Gasteiger partial charge in [-0.2, -0.15) is 13.2 Å². The lowest BCUT2D eigenvalue weighted by molar-refractivity contribution is -0.139. The molecule has 2 heterocycles. The number of rotatable bonds is 7. The van der Waals surface area contributed by atoms with Gasteiger partial charge in [0.25, 0.3) is 5.78 Å². The molecule has 2 atom stereocenters. The molecule has 1 aliphatic rings. The molecule has 1 saturated heterocycles. The number of amides is 2. The summed E-state index contributed by atoms with van der Waals surface area (Å²) in [7, 11) is -4.87. The van der Waals surface area contributed by atoms with Crippen molar-refractivity contribution < 1.29 is 50.7 Å². The van der Waals surface area contributed by atoms with Gasteiger partial charge in [-0.25, -0.2) is 8.78 Å². The van der Waals surface area contributed by atoms with Crippen LogP contribution in [-0.4, -0.2) is 61.8 Å². The highest BCUT2D eigenvalue weighted by Crippen LogP contribution is 2.36. The predicted molar refractivity (Wildman–Crippen MR) is 132 cm³/mol. The molecule has 2 aromatic carbocycles. The zero-order valence-corrected chi connectivity index (χ0v) is 21.8. The minimum Gasteiger partial charge on any atom is -0.350 e. The summed E-state index contributed by atoms with van der Waals surface area (Å²) in [6, 6.07) is 5.40. The van der Waals surface area contributed by atoms with Gasteiger partial charge in [-0.05, 0) is 18.2 Å². The third-order valence-corrected chi connectivity index (χ3v) is 7.61. The van der Waals surface area contributed by atoms with Crippen molar-refractivity contribution >= 4 is 53.0 Å². The van der Waals surface area contributed by atoms with Crippen molar-refractivity contribution in [2.75, 3.05) is 6.54 Å². The zero-order valence-electron chi connectivity index (χ0n) is 20.2. The molecule has 40 heavy (non-hydrogen) atoms. The van der Waals surface area contributed by atoms with Crippen LogP contribution in [0.25, 0.3) is 10.9 Å². The molecule has 4 rings (SSSR count). The Morgan fingerprint density at radius 1 is 1.15 bits per heavy atom. The summed E-state index contributed by atoms with van der Waals surface area (Å²) in [5.41, 5.74) is -1.10. The SMILES string of the molecule is O=C(NCc1cccc(Cl)c1F)C1CC(F)CN1C(=O)Cn1cc(C(=O)C(F)(F)F)c2ccc(P(=O)(O)O)cc21. The van der Waals surface area contributed by atoms with Gasteiger partial charge >= 0.3 is 13.8 Å². The van der Waals surface area contributed by atoms with Gasteiger partial charge in [-0.1, -0.05) is 29.8 Å². The topological polar surface area (TPSA) is 129 Å². The number of hydrogen-bond acceptors (Lipinski definition) is 4. The van der Waals surface area contributed by atoms with Crippen LogP contribution >= 0.6 is 19.2 Å². The van der Waals surface area contributed by atoms with Crippen LogP contribution in [0.3, 0.4) is 0 Å². The number of halogens is 6. The number of likely N-dealkylation sites (tertiary alicyclic amines) is 1. The highest BCUT2D eigenvalue weighted by Gasteiger charge is 2.42. The van der Waals surface area contributed by atoms with Crippen molar-refractivity contribution in [3.63, 3.8) is 0 Å². The highest BCUT2D eigenvalue weighted by atomic mass is 35.5. The Morgan fingerprint density at radius 3 is 2.50 bits per heavy atom. The summed E-state index contributed by atoms with van der Waals surface area (Å²) < 4.78 is 80.7. The molecule has 16 heteroatoms. The van der Waals surface area contributed by atoms with Gasteiger partial charge < -0.3 is 24.6 Å². The Bertz CT molecular complexity index is 1560. The number of hydrogen-bond donors (Lipinski definition) is 3. The Morgan fingerprint density at radius 2 is 1.85 bits per heavy atom. The largest absolute Gasteiger partial charge is 0.454 e. The maximum Gasteiger partial charge on any atom is 0.454 e. The van der Waals surface area contributed by atoms with Crippen LogP contribution in [0.1, 0.15) is 22.3 Å². The number of aromatic nitrogens is 1. The number of nitrogens with one attached hydrogen (secondary N) is 1. The molecule has 3 aromatic rings. The van der Waals surface area contributed by atoms with Gasteiger partial charge in [0.1, 0.15) is 24.6 Å². The Kier molecular flexibility index (Phi) is 8.10. The number of Topliss-reactive ketones (excluding diaryl/α,β-unsaturated/α-hetero) is 1. The molecular weight excluding hydrogens is 588 g/mol. The minimum atomic E-state index is -5.28. The van der Waals surface area contributed by atoms with Crippen LogP contribution in [-0.2, 0) is 27.2 Å². The first-order chi connectivity index (χ1) is 18.6. The maximum atomic E-state index is 14.3. The summed E-state index contributed by atoms with van der Waals surface area (Å²) in [6.45, 7) is -1.63. The average molecular weight is 608 g/mol. The van der Waals surface area contributed by atoms with E-state index in [1.54, 1.807) is 0 Å². The van der Waals surface area contributed by atoms with Crippen LogP contribution < -0.4 is 10.6 Å². The van der Waals surface area contributed by atoms with E-state index >= 15 is 0 Å². The number of nitrogens with zero attached hydrogens (tertiary/aromatic N) is 2. The lowest BCUT2D eigenvalue weighted by Crippen LogP contribution is -2.46. The van der Waals surface area contributed by atoms with E-state index in [1.807, 2.05) is 0 Å². The van der Waals surface area contributed by atoms with E-state index in [4.69, 9.17) is 11.6 Å². The standard InChI is InChI=1S/C24H20ClF5N3O6P/c25-17-3-1-2-12(21(17)27)8-31-23(36)19-6-13(26)9-33(19)20(34)11-32-10-16(22(35)24(28,29)30)15-5-4-14(7-18(15)32)40(37,38)39/h1-5,7,10,13,19H,6,8-9,11H2,(H,31,36)(H2,37,38,39). The smallest absolute Gasteiger partial charge is 0.350 e. The first-order valence-corrected chi connectivity index (χ1v) is 13.5. The van der Waals surface area contributed by atoms with Crippen molar-refractivity contribution in [1.29, 1.82) is 0 Å². The van der Waals surface area contributed by atoms with E-state index in [-0.39, 0.29) is 28.0 Å². The third kappa shape index (κ3) is 6.04. The number of alkyl halides is 4. The highest BCUT2D eigenvalue weighted by molar-refractivity contribution is 7.60. The summed E-state index contributed by atoms with van der Waals surface area (Å²) >= 11 is 5.72. The number of fused-ring (bicyclic) bond motifs is 1. The van der Waals surface area contributed by atoms with Crippen LogP contribution in [0, 0.1) is 5.82 Å². The van der Waals surface area contributed by atoms with Gasteiger partial charge in [0.2, 0.25) is 11.8 Å². The third-order valence-electron chi connectivity index (χ3n) is 6.37. The monoisotopic (exact) mass is 607 g/mol. The molecule has 1 aromatic heterocycles.